The number of aryl methyl sites for hydroxylation is 1. The van der Waals surface area contributed by atoms with Crippen LogP contribution in [0.5, 0.6) is 0 Å². The topological polar surface area (TPSA) is 81.0 Å². The van der Waals surface area contributed by atoms with Crippen molar-refractivity contribution >= 4 is 34.2 Å². The third-order valence-corrected chi connectivity index (χ3v) is 5.33. The zero-order valence-corrected chi connectivity index (χ0v) is 17.7. The average Bonchev–Trinajstić information content (AvgIpc) is 3.16. The molecule has 1 aromatic heterocycles. The Hall–Kier alpha value is -3.32. The van der Waals surface area contributed by atoms with Gasteiger partial charge in [0.05, 0.1) is 25.9 Å². The number of amides is 1. The molecule has 0 unspecified atom stereocenters. The lowest BCUT2D eigenvalue weighted by atomic mass is 10.1. The molecule has 1 fully saturated rings. The number of ether oxygens (including phenoxy) is 2. The summed E-state index contributed by atoms with van der Waals surface area (Å²) in [5.41, 5.74) is 4.30. The lowest BCUT2D eigenvalue weighted by molar-refractivity contribution is -0.152. The van der Waals surface area contributed by atoms with Gasteiger partial charge in [-0.05, 0) is 49.7 Å². The fourth-order valence-electron chi connectivity index (χ4n) is 3.60. The van der Waals surface area contributed by atoms with Crippen LogP contribution in [0.15, 0.2) is 53.1 Å². The molecular weight excluding hydrogens is 396 g/mol. The number of carbonyl (C=O) groups excluding carboxylic acids is 2. The molecule has 31 heavy (non-hydrogen) atoms. The van der Waals surface area contributed by atoms with Crippen molar-refractivity contribution in [2.45, 2.75) is 26.4 Å². The number of benzene rings is 2. The largest absolute Gasteiger partial charge is 0.464 e. The normalized spacial score (nSPS) is 15.0. The number of fused-ring (bicyclic) bond motifs is 1. The first-order chi connectivity index (χ1) is 15.0. The number of esters is 1. The second-order valence-electron chi connectivity index (χ2n) is 7.70. The standard InChI is InChI=1S/C24H26N2O5/c1-16-3-8-21-18(15-30-22(21)13-16)14-23(27)31-17(2)24(28)25-19-4-6-20(7-5-19)26-9-11-29-12-10-26/h3-8,13,15,17H,9-12,14H2,1-2H3,(H,25,28)/t17-/m0/s1. The Kier molecular flexibility index (Phi) is 6.23. The van der Waals surface area contributed by atoms with E-state index in [1.807, 2.05) is 49.4 Å². The van der Waals surface area contributed by atoms with E-state index in [0.717, 1.165) is 54.1 Å². The number of nitrogens with one attached hydrogen (secondary N) is 1. The van der Waals surface area contributed by atoms with Crippen molar-refractivity contribution in [3.63, 3.8) is 0 Å². The first-order valence-corrected chi connectivity index (χ1v) is 10.4. The molecule has 2 aromatic carbocycles. The van der Waals surface area contributed by atoms with Crippen molar-refractivity contribution in [3.05, 3.63) is 59.9 Å². The molecule has 0 aliphatic carbocycles. The van der Waals surface area contributed by atoms with Crippen molar-refractivity contribution < 1.29 is 23.5 Å². The Labute approximate surface area is 180 Å². The molecule has 1 saturated heterocycles. The molecule has 1 aliphatic rings. The average molecular weight is 422 g/mol. The van der Waals surface area contributed by atoms with Gasteiger partial charge in [-0.1, -0.05) is 12.1 Å². The fourth-order valence-corrected chi connectivity index (χ4v) is 3.60. The predicted octanol–water partition coefficient (Wildman–Crippen LogP) is 3.69. The van der Waals surface area contributed by atoms with Gasteiger partial charge >= 0.3 is 5.97 Å². The first-order valence-electron chi connectivity index (χ1n) is 10.4. The van der Waals surface area contributed by atoms with E-state index in [4.69, 9.17) is 13.9 Å². The van der Waals surface area contributed by atoms with Gasteiger partial charge in [0.1, 0.15) is 5.58 Å². The predicted molar refractivity (Wildman–Crippen MR) is 118 cm³/mol. The van der Waals surface area contributed by atoms with E-state index in [9.17, 15) is 9.59 Å². The monoisotopic (exact) mass is 422 g/mol. The molecule has 162 valence electrons. The van der Waals surface area contributed by atoms with Crippen LogP contribution in [0, 0.1) is 6.92 Å². The minimum atomic E-state index is -0.910. The number of carbonyl (C=O) groups is 2. The molecule has 0 bridgehead atoms. The minimum absolute atomic E-state index is 0.0436. The second-order valence-corrected chi connectivity index (χ2v) is 7.70. The quantitative estimate of drug-likeness (QED) is 0.610. The van der Waals surface area contributed by atoms with Gasteiger partial charge < -0.3 is 24.1 Å². The molecule has 2 heterocycles. The smallest absolute Gasteiger partial charge is 0.311 e. The third-order valence-electron chi connectivity index (χ3n) is 5.33. The highest BCUT2D eigenvalue weighted by Crippen LogP contribution is 2.23. The minimum Gasteiger partial charge on any atom is -0.464 e. The molecule has 1 aliphatic heterocycles. The van der Waals surface area contributed by atoms with Crippen molar-refractivity contribution in [2.24, 2.45) is 0 Å². The molecule has 3 aromatic rings. The maximum absolute atomic E-state index is 12.5. The van der Waals surface area contributed by atoms with Crippen LogP contribution < -0.4 is 10.2 Å². The molecule has 0 spiro atoms. The summed E-state index contributed by atoms with van der Waals surface area (Å²) < 4.78 is 16.2. The number of nitrogens with zero attached hydrogens (tertiary/aromatic N) is 1. The van der Waals surface area contributed by atoms with Crippen molar-refractivity contribution in [1.29, 1.82) is 0 Å². The van der Waals surface area contributed by atoms with Gasteiger partial charge in [0.25, 0.3) is 5.91 Å². The molecule has 7 heteroatoms. The van der Waals surface area contributed by atoms with Gasteiger partial charge in [0, 0.05) is 35.4 Å². The van der Waals surface area contributed by atoms with Crippen LogP contribution >= 0.6 is 0 Å². The van der Waals surface area contributed by atoms with E-state index in [0.29, 0.717) is 5.69 Å². The van der Waals surface area contributed by atoms with Crippen LogP contribution in [-0.2, 0) is 25.5 Å². The number of hydrogen-bond donors (Lipinski definition) is 1. The molecule has 0 saturated carbocycles. The molecule has 1 N–H and O–H groups in total. The number of hydrogen-bond acceptors (Lipinski definition) is 6. The van der Waals surface area contributed by atoms with Gasteiger partial charge in [-0.25, -0.2) is 0 Å². The molecular formula is C24H26N2O5. The van der Waals surface area contributed by atoms with Crippen LogP contribution in [0.25, 0.3) is 11.0 Å². The zero-order valence-electron chi connectivity index (χ0n) is 17.7. The fraction of sp³-hybridized carbons (Fsp3) is 0.333. The Bertz CT molecular complexity index is 1070. The van der Waals surface area contributed by atoms with Gasteiger partial charge in [0.15, 0.2) is 6.10 Å². The Morgan fingerprint density at radius 3 is 2.61 bits per heavy atom. The lowest BCUT2D eigenvalue weighted by Gasteiger charge is -2.28. The van der Waals surface area contributed by atoms with E-state index in [-0.39, 0.29) is 12.3 Å². The molecule has 4 rings (SSSR count). The summed E-state index contributed by atoms with van der Waals surface area (Å²) in [7, 11) is 0. The first kappa shape index (κ1) is 20.9. The number of anilines is 2. The van der Waals surface area contributed by atoms with E-state index >= 15 is 0 Å². The molecule has 7 nitrogen and oxygen atoms in total. The zero-order chi connectivity index (χ0) is 21.8. The highest BCUT2D eigenvalue weighted by Gasteiger charge is 2.20. The van der Waals surface area contributed by atoms with Crippen molar-refractivity contribution in [3.8, 4) is 0 Å². The Balaban J connectivity index is 1.31. The molecule has 0 radical (unpaired) electrons. The summed E-state index contributed by atoms with van der Waals surface area (Å²) in [6.07, 6.45) is 0.695. The SMILES string of the molecule is Cc1ccc2c(CC(=O)O[C@@H](C)C(=O)Nc3ccc(N4CCOCC4)cc3)coc2c1. The summed E-state index contributed by atoms with van der Waals surface area (Å²) in [4.78, 5) is 27.0. The number of rotatable bonds is 6. The highest BCUT2D eigenvalue weighted by molar-refractivity contribution is 5.95. The van der Waals surface area contributed by atoms with Crippen molar-refractivity contribution in [1.82, 2.24) is 0 Å². The van der Waals surface area contributed by atoms with E-state index in [2.05, 4.69) is 10.2 Å². The number of furan rings is 1. The third kappa shape index (κ3) is 5.06. The Morgan fingerprint density at radius 2 is 1.87 bits per heavy atom. The van der Waals surface area contributed by atoms with Gasteiger partial charge in [-0.15, -0.1) is 0 Å². The van der Waals surface area contributed by atoms with Gasteiger partial charge in [0.2, 0.25) is 0 Å². The van der Waals surface area contributed by atoms with Crippen LogP contribution in [-0.4, -0.2) is 44.3 Å². The summed E-state index contributed by atoms with van der Waals surface area (Å²) >= 11 is 0. The second kappa shape index (κ2) is 9.22. The Morgan fingerprint density at radius 1 is 1.13 bits per heavy atom. The number of morpholine rings is 1. The molecule has 1 amide bonds. The summed E-state index contributed by atoms with van der Waals surface area (Å²) in [5.74, 6) is -0.853. The van der Waals surface area contributed by atoms with E-state index < -0.39 is 12.1 Å². The van der Waals surface area contributed by atoms with Crippen LogP contribution in [0.1, 0.15) is 18.1 Å². The van der Waals surface area contributed by atoms with E-state index in [1.165, 1.54) is 0 Å². The summed E-state index contributed by atoms with van der Waals surface area (Å²) in [5, 5.41) is 3.67. The van der Waals surface area contributed by atoms with Crippen LogP contribution in [0.2, 0.25) is 0 Å². The van der Waals surface area contributed by atoms with Crippen LogP contribution in [0.4, 0.5) is 11.4 Å². The lowest BCUT2D eigenvalue weighted by Crippen LogP contribution is -2.36. The highest BCUT2D eigenvalue weighted by atomic mass is 16.5. The van der Waals surface area contributed by atoms with Gasteiger partial charge in [-0.2, -0.15) is 0 Å². The maximum Gasteiger partial charge on any atom is 0.311 e. The van der Waals surface area contributed by atoms with Crippen LogP contribution in [0.3, 0.4) is 0 Å². The summed E-state index contributed by atoms with van der Waals surface area (Å²) in [6.45, 7) is 6.68. The van der Waals surface area contributed by atoms with E-state index in [1.54, 1.807) is 13.2 Å². The summed E-state index contributed by atoms with van der Waals surface area (Å²) in [6, 6.07) is 13.4. The van der Waals surface area contributed by atoms with Gasteiger partial charge in [-0.3, -0.25) is 9.59 Å². The molecule has 1 atom stereocenters. The maximum atomic E-state index is 12.5. The van der Waals surface area contributed by atoms with Crippen molar-refractivity contribution in [2.75, 3.05) is 36.5 Å².